The van der Waals surface area contributed by atoms with E-state index in [2.05, 4.69) is 6.58 Å². The zero-order valence-electron chi connectivity index (χ0n) is 4.52. The van der Waals surface area contributed by atoms with Crippen molar-refractivity contribution in [2.24, 2.45) is 0 Å². The molecule has 4 heteroatoms. The maximum absolute atomic E-state index is 11.6. The van der Waals surface area contributed by atoms with Crippen molar-refractivity contribution in [1.29, 1.82) is 0 Å². The molecule has 0 amide bonds. The van der Waals surface area contributed by atoms with Crippen LogP contribution < -0.4 is 0 Å². The van der Waals surface area contributed by atoms with Gasteiger partial charge in [0, 0.05) is 0 Å². The fourth-order valence-electron chi connectivity index (χ4n) is 0.294. The molecule has 0 atom stereocenters. The highest BCUT2D eigenvalue weighted by Gasteiger charge is 2.04. The van der Waals surface area contributed by atoms with Crippen molar-refractivity contribution >= 4 is 10.2 Å². The Balaban J connectivity index is 3.95. The lowest BCUT2D eigenvalue weighted by molar-refractivity contribution is 0.555. The SMILES string of the molecule is C=C(C)CS(=O)(=O)F. The van der Waals surface area contributed by atoms with E-state index in [4.69, 9.17) is 0 Å². The van der Waals surface area contributed by atoms with Crippen LogP contribution in [0.15, 0.2) is 12.2 Å². The molecule has 0 N–H and O–H groups in total. The van der Waals surface area contributed by atoms with Crippen molar-refractivity contribution in [2.45, 2.75) is 6.92 Å². The highest BCUT2D eigenvalue weighted by molar-refractivity contribution is 7.86. The second-order valence-electron chi connectivity index (χ2n) is 1.64. The Bertz CT molecular complexity index is 180. The number of hydrogen-bond acceptors (Lipinski definition) is 2. The first-order valence-electron chi connectivity index (χ1n) is 1.98. The fraction of sp³-hybridized carbons (Fsp3) is 0.500. The van der Waals surface area contributed by atoms with Crippen LogP contribution in [0.1, 0.15) is 6.92 Å². The van der Waals surface area contributed by atoms with Gasteiger partial charge in [0.2, 0.25) is 0 Å². The fourth-order valence-corrected chi connectivity index (χ4v) is 0.883. The zero-order chi connectivity index (χ0) is 6.78. The summed E-state index contributed by atoms with van der Waals surface area (Å²) in [7, 11) is -4.32. The van der Waals surface area contributed by atoms with Gasteiger partial charge < -0.3 is 0 Å². The summed E-state index contributed by atoms with van der Waals surface area (Å²) in [5.41, 5.74) is 0.313. The van der Waals surface area contributed by atoms with Crippen molar-refractivity contribution < 1.29 is 12.3 Å². The molecule has 0 spiro atoms. The molecule has 0 saturated carbocycles. The molecule has 48 valence electrons. The topological polar surface area (TPSA) is 34.1 Å². The van der Waals surface area contributed by atoms with E-state index in [9.17, 15) is 12.3 Å². The van der Waals surface area contributed by atoms with Crippen LogP contribution in [0.3, 0.4) is 0 Å². The monoisotopic (exact) mass is 138 g/mol. The second kappa shape index (κ2) is 2.26. The van der Waals surface area contributed by atoms with Crippen LogP contribution in [0.5, 0.6) is 0 Å². The molecule has 8 heavy (non-hydrogen) atoms. The molecule has 0 bridgehead atoms. The second-order valence-corrected chi connectivity index (χ2v) is 3.01. The first kappa shape index (κ1) is 7.62. The van der Waals surface area contributed by atoms with Crippen LogP contribution in [-0.2, 0) is 10.2 Å². The van der Waals surface area contributed by atoms with Crippen LogP contribution in [0.2, 0.25) is 0 Å². The van der Waals surface area contributed by atoms with Crippen LogP contribution in [-0.4, -0.2) is 14.2 Å². The summed E-state index contributed by atoms with van der Waals surface area (Å²) in [6.07, 6.45) is 0. The molecule has 2 nitrogen and oxygen atoms in total. The third-order valence-electron chi connectivity index (χ3n) is 0.419. The van der Waals surface area contributed by atoms with Gasteiger partial charge in [-0.2, -0.15) is 8.42 Å². The third-order valence-corrected chi connectivity index (χ3v) is 1.26. The molecule has 0 fully saturated rings. The van der Waals surface area contributed by atoms with E-state index >= 15 is 0 Å². The Labute approximate surface area is 48.2 Å². The molecule has 0 aliphatic carbocycles. The lowest BCUT2D eigenvalue weighted by Crippen LogP contribution is -1.97. The molecule has 0 aliphatic heterocycles. The average molecular weight is 138 g/mol. The van der Waals surface area contributed by atoms with E-state index in [0.29, 0.717) is 5.57 Å². The van der Waals surface area contributed by atoms with Crippen molar-refractivity contribution in [2.75, 3.05) is 5.75 Å². The van der Waals surface area contributed by atoms with E-state index in [-0.39, 0.29) is 0 Å². The Morgan fingerprint density at radius 1 is 1.75 bits per heavy atom. The van der Waals surface area contributed by atoms with Gasteiger partial charge in [-0.05, 0) is 6.92 Å². The predicted octanol–water partition coefficient (Wildman–Crippen LogP) is 0.862. The van der Waals surface area contributed by atoms with Gasteiger partial charge in [-0.15, -0.1) is 3.89 Å². The van der Waals surface area contributed by atoms with Crippen molar-refractivity contribution in [3.63, 3.8) is 0 Å². The van der Waals surface area contributed by atoms with E-state index in [1.807, 2.05) is 0 Å². The smallest absolute Gasteiger partial charge is 0.195 e. The number of halogens is 1. The Morgan fingerprint density at radius 2 is 2.12 bits per heavy atom. The van der Waals surface area contributed by atoms with E-state index in [1.165, 1.54) is 6.92 Å². The standard InChI is InChI=1S/C4H7FO2S/c1-4(2)3-8(5,6)7/h1,3H2,2H3. The maximum Gasteiger partial charge on any atom is 0.306 e. The maximum atomic E-state index is 11.6. The molecule has 0 heterocycles. The molecule has 0 aromatic carbocycles. The number of rotatable bonds is 2. The van der Waals surface area contributed by atoms with Gasteiger partial charge >= 0.3 is 10.2 Å². The normalized spacial score (nSPS) is 11.2. The average Bonchev–Trinajstić information content (AvgIpc) is 1.21. The summed E-state index contributed by atoms with van der Waals surface area (Å²) < 4.78 is 31.0. The molecule has 0 radical (unpaired) electrons. The van der Waals surface area contributed by atoms with Crippen LogP contribution in [0.4, 0.5) is 3.89 Å². The third kappa shape index (κ3) is 5.62. The summed E-state index contributed by atoms with van der Waals surface area (Å²) in [5.74, 6) is -0.562. The van der Waals surface area contributed by atoms with E-state index < -0.39 is 16.0 Å². The van der Waals surface area contributed by atoms with Gasteiger partial charge in [0.15, 0.2) is 0 Å². The van der Waals surface area contributed by atoms with Gasteiger partial charge in [0.25, 0.3) is 0 Å². The first-order chi connectivity index (χ1) is 3.42. The molecular formula is C4H7FO2S. The Morgan fingerprint density at radius 3 is 2.12 bits per heavy atom. The minimum atomic E-state index is -4.32. The molecule has 0 saturated heterocycles. The molecule has 0 aromatic heterocycles. The Hall–Kier alpha value is -0.380. The molecule has 0 aromatic rings. The van der Waals surface area contributed by atoms with Gasteiger partial charge in [-0.1, -0.05) is 12.2 Å². The largest absolute Gasteiger partial charge is 0.306 e. The molecule has 0 unspecified atom stereocenters. The predicted molar refractivity (Wildman–Crippen MR) is 29.7 cm³/mol. The quantitative estimate of drug-likeness (QED) is 0.419. The van der Waals surface area contributed by atoms with Crippen LogP contribution in [0, 0.1) is 0 Å². The van der Waals surface area contributed by atoms with Gasteiger partial charge in [0.1, 0.15) is 5.75 Å². The summed E-state index contributed by atoms with van der Waals surface area (Å²) in [4.78, 5) is 0. The number of hydrogen-bond donors (Lipinski definition) is 0. The summed E-state index contributed by atoms with van der Waals surface area (Å²) >= 11 is 0. The summed E-state index contributed by atoms with van der Waals surface area (Å²) in [6.45, 7) is 4.68. The van der Waals surface area contributed by atoms with Crippen molar-refractivity contribution in [1.82, 2.24) is 0 Å². The lowest BCUT2D eigenvalue weighted by atomic mass is 10.4. The zero-order valence-corrected chi connectivity index (χ0v) is 5.33. The minimum absolute atomic E-state index is 0.313. The first-order valence-corrected chi connectivity index (χ1v) is 3.54. The van der Waals surface area contributed by atoms with Gasteiger partial charge in [0.05, 0.1) is 0 Å². The summed E-state index contributed by atoms with van der Waals surface area (Å²) in [6, 6.07) is 0. The Kier molecular flexibility index (Phi) is 2.15. The van der Waals surface area contributed by atoms with Gasteiger partial charge in [-0.25, -0.2) is 0 Å². The molecular weight excluding hydrogens is 131 g/mol. The molecule has 0 rings (SSSR count). The van der Waals surface area contributed by atoms with Crippen LogP contribution in [0.25, 0.3) is 0 Å². The van der Waals surface area contributed by atoms with Crippen LogP contribution >= 0.6 is 0 Å². The van der Waals surface area contributed by atoms with Crippen molar-refractivity contribution in [3.8, 4) is 0 Å². The van der Waals surface area contributed by atoms with E-state index in [1.54, 1.807) is 0 Å². The summed E-state index contributed by atoms with van der Waals surface area (Å²) in [5, 5.41) is 0. The van der Waals surface area contributed by atoms with Gasteiger partial charge in [-0.3, -0.25) is 0 Å². The van der Waals surface area contributed by atoms with E-state index in [0.717, 1.165) is 0 Å². The molecule has 0 aliphatic rings. The minimum Gasteiger partial charge on any atom is -0.195 e. The van der Waals surface area contributed by atoms with Crippen molar-refractivity contribution in [3.05, 3.63) is 12.2 Å². The highest BCUT2D eigenvalue weighted by atomic mass is 32.3. The highest BCUT2D eigenvalue weighted by Crippen LogP contribution is 1.96. The lowest BCUT2D eigenvalue weighted by Gasteiger charge is -1.88.